The first kappa shape index (κ1) is 26.0. The summed E-state index contributed by atoms with van der Waals surface area (Å²) in [7, 11) is -0.571. The molecule has 4 nitrogen and oxygen atoms in total. The van der Waals surface area contributed by atoms with Gasteiger partial charge in [0.05, 0.1) is 21.7 Å². The normalized spacial score (nSPS) is 17.2. The number of benzene rings is 1. The number of hydrogen-bond donors (Lipinski definition) is 1. The van der Waals surface area contributed by atoms with Crippen molar-refractivity contribution in [1.82, 2.24) is 4.57 Å². The molecular weight excluding hydrogens is 436 g/mol. The van der Waals surface area contributed by atoms with Gasteiger partial charge in [0.2, 0.25) is 6.33 Å². The van der Waals surface area contributed by atoms with Crippen molar-refractivity contribution in [1.29, 1.82) is 0 Å². The molecule has 1 aromatic heterocycles. The molecule has 0 saturated carbocycles. The predicted molar refractivity (Wildman–Crippen MR) is 137 cm³/mol. The van der Waals surface area contributed by atoms with Gasteiger partial charge in [0, 0.05) is 32.4 Å². The molecular formula is C24H43ClN4Si2. The minimum absolute atomic E-state index is 0. The zero-order valence-corrected chi connectivity index (χ0v) is 23.7. The lowest BCUT2D eigenvalue weighted by atomic mass is 10.0. The van der Waals surface area contributed by atoms with E-state index in [-0.39, 0.29) is 12.4 Å². The van der Waals surface area contributed by atoms with Gasteiger partial charge in [-0.15, -0.1) is 0 Å². The molecule has 0 radical (unpaired) electrons. The molecule has 2 heterocycles. The van der Waals surface area contributed by atoms with Crippen LogP contribution in [-0.2, 0) is 19.9 Å². The maximum absolute atomic E-state index is 6.89. The lowest BCUT2D eigenvalue weighted by Gasteiger charge is -2.31. The molecule has 1 unspecified atom stereocenters. The van der Waals surface area contributed by atoms with Crippen LogP contribution in [0, 0.1) is 0 Å². The molecule has 2 aromatic rings. The third-order valence-corrected chi connectivity index (χ3v) is 10.3. The summed E-state index contributed by atoms with van der Waals surface area (Å²) in [5.74, 6) is 0. The van der Waals surface area contributed by atoms with E-state index in [9.17, 15) is 0 Å². The molecule has 1 aromatic carbocycles. The van der Waals surface area contributed by atoms with Crippen LogP contribution in [0.4, 0.5) is 11.4 Å². The Hall–Kier alpha value is -1.25. The molecule has 1 fully saturated rings. The third kappa shape index (κ3) is 5.96. The van der Waals surface area contributed by atoms with E-state index in [1.54, 1.807) is 0 Å². The molecule has 1 aliphatic heterocycles. The minimum Gasteiger partial charge on any atom is -1.00 e. The van der Waals surface area contributed by atoms with Gasteiger partial charge in [-0.05, 0) is 35.2 Å². The number of aromatic nitrogens is 2. The number of hydrogen-bond acceptors (Lipinski definition) is 2. The Kier molecular flexibility index (Phi) is 8.15. The number of halogens is 1. The van der Waals surface area contributed by atoms with Crippen molar-refractivity contribution in [2.24, 2.45) is 7.05 Å². The van der Waals surface area contributed by atoms with E-state index in [0.29, 0.717) is 6.04 Å². The molecule has 31 heavy (non-hydrogen) atoms. The first-order chi connectivity index (χ1) is 13.9. The molecule has 7 heteroatoms. The summed E-state index contributed by atoms with van der Waals surface area (Å²) in [6.07, 6.45) is 9.96. The molecule has 0 amide bonds. The highest BCUT2D eigenvalue weighted by atomic mass is 35.5. The van der Waals surface area contributed by atoms with Crippen molar-refractivity contribution in [2.75, 3.05) is 23.7 Å². The van der Waals surface area contributed by atoms with Crippen molar-refractivity contribution in [3.05, 3.63) is 35.9 Å². The van der Waals surface area contributed by atoms with E-state index in [1.165, 1.54) is 34.5 Å². The van der Waals surface area contributed by atoms with Crippen molar-refractivity contribution in [3.8, 4) is 0 Å². The summed E-state index contributed by atoms with van der Waals surface area (Å²) in [5, 5.41) is 1.52. The van der Waals surface area contributed by atoms with Gasteiger partial charge in [-0.1, -0.05) is 52.2 Å². The van der Waals surface area contributed by atoms with Gasteiger partial charge in [-0.2, -0.15) is 0 Å². The van der Waals surface area contributed by atoms with Crippen LogP contribution in [0.1, 0.15) is 30.5 Å². The van der Waals surface area contributed by atoms with Gasteiger partial charge in [-0.3, -0.25) is 0 Å². The number of nitrogen functional groups attached to an aromatic ring is 1. The zero-order valence-electron chi connectivity index (χ0n) is 20.9. The van der Waals surface area contributed by atoms with E-state index in [4.69, 9.17) is 5.73 Å². The van der Waals surface area contributed by atoms with Crippen LogP contribution in [0.5, 0.6) is 0 Å². The summed E-state index contributed by atoms with van der Waals surface area (Å²) >= 11 is 0. The fraction of sp³-hybridized carbons (Fsp3) is 0.625. The largest absolute Gasteiger partial charge is 1.00 e. The Bertz CT molecular complexity index is 896. The van der Waals surface area contributed by atoms with Gasteiger partial charge in [0.1, 0.15) is 18.4 Å². The smallest absolute Gasteiger partial charge is 0.243 e. The second-order valence-electron chi connectivity index (χ2n) is 11.4. The van der Waals surface area contributed by atoms with E-state index < -0.39 is 16.1 Å². The van der Waals surface area contributed by atoms with Crippen LogP contribution >= 0.6 is 0 Å². The number of imidazole rings is 1. The second kappa shape index (κ2) is 9.71. The van der Waals surface area contributed by atoms with Gasteiger partial charge in [0.25, 0.3) is 0 Å². The highest BCUT2D eigenvalue weighted by Crippen LogP contribution is 2.34. The number of nitrogens with zero attached hydrogens (tertiary/aromatic N) is 3. The lowest BCUT2D eigenvalue weighted by molar-refractivity contribution is -0.671. The summed E-state index contributed by atoms with van der Waals surface area (Å²) in [5.41, 5.74) is 12.4. The number of nitrogens with two attached hydrogens (primary N) is 1. The highest BCUT2D eigenvalue weighted by Gasteiger charge is 2.32. The van der Waals surface area contributed by atoms with Crippen LogP contribution in [0.25, 0.3) is 0 Å². The monoisotopic (exact) mass is 478 g/mol. The molecule has 0 bridgehead atoms. The fourth-order valence-corrected chi connectivity index (χ4v) is 8.08. The van der Waals surface area contributed by atoms with Gasteiger partial charge in [-0.25, -0.2) is 9.13 Å². The van der Waals surface area contributed by atoms with Crippen LogP contribution in [0.15, 0.2) is 24.8 Å². The van der Waals surface area contributed by atoms with E-state index in [0.717, 1.165) is 31.6 Å². The van der Waals surface area contributed by atoms with Crippen LogP contribution in [0.3, 0.4) is 0 Å². The van der Waals surface area contributed by atoms with Crippen molar-refractivity contribution in [2.45, 2.75) is 77.6 Å². The highest BCUT2D eigenvalue weighted by molar-refractivity contribution is 6.90. The quantitative estimate of drug-likeness (QED) is 0.370. The third-order valence-electron chi connectivity index (χ3n) is 6.50. The first-order valence-corrected chi connectivity index (χ1v) is 18.8. The van der Waals surface area contributed by atoms with Gasteiger partial charge < -0.3 is 23.0 Å². The molecule has 2 N–H and O–H groups in total. The summed E-state index contributed by atoms with van der Waals surface area (Å²) in [6.45, 7) is 19.3. The molecule has 1 atom stereocenters. The van der Waals surface area contributed by atoms with E-state index >= 15 is 0 Å². The Balaban J connectivity index is 0.00000341. The summed E-state index contributed by atoms with van der Waals surface area (Å²) in [4.78, 5) is 2.64. The molecule has 174 valence electrons. The average Bonchev–Trinajstić information content (AvgIpc) is 3.27. The average molecular weight is 479 g/mol. The Morgan fingerprint density at radius 3 is 2.35 bits per heavy atom. The number of aryl methyl sites for hydroxylation is 2. The minimum atomic E-state index is -1.56. The number of anilines is 2. The predicted octanol–water partition coefficient (Wildman–Crippen LogP) is 1.34. The van der Waals surface area contributed by atoms with E-state index in [1.807, 2.05) is 0 Å². The fourth-order valence-electron chi connectivity index (χ4n) is 4.88. The zero-order chi connectivity index (χ0) is 22.3. The molecule has 1 saturated heterocycles. The van der Waals surface area contributed by atoms with Crippen LogP contribution in [0.2, 0.25) is 45.3 Å². The standard InChI is InChI=1S/C24H43N4Si2.ClH/c1-9-21-22(27-12-10-20(17-27)28-14-13-26(2)18-28)16-19(11-15-29(3,4)5)23(25)24(21)30(6,7)8;/h13-14,16,18,20H,9-12,15,17,25H2,1-8H3;1H/q+1;/p-1. The topological polar surface area (TPSA) is 38.1 Å². The van der Waals surface area contributed by atoms with Crippen LogP contribution < -0.4 is 32.8 Å². The molecule has 0 aliphatic carbocycles. The summed E-state index contributed by atoms with van der Waals surface area (Å²) in [6, 6.07) is 4.32. The lowest BCUT2D eigenvalue weighted by Crippen LogP contribution is -3.00. The van der Waals surface area contributed by atoms with E-state index in [2.05, 4.69) is 92.1 Å². The second-order valence-corrected chi connectivity index (χ2v) is 22.0. The van der Waals surface area contributed by atoms with Crippen molar-refractivity contribution in [3.63, 3.8) is 0 Å². The Morgan fingerprint density at radius 2 is 1.84 bits per heavy atom. The van der Waals surface area contributed by atoms with Crippen LogP contribution in [-0.4, -0.2) is 33.8 Å². The summed E-state index contributed by atoms with van der Waals surface area (Å²) < 4.78 is 4.52. The SMILES string of the molecule is CCc1c(N2CCC(n3cc[n+](C)c3)C2)cc(CC[Si](C)(C)C)c(N)c1[Si](C)(C)C.[Cl-]. The van der Waals surface area contributed by atoms with Gasteiger partial charge >= 0.3 is 0 Å². The molecule has 0 spiro atoms. The number of rotatable bonds is 7. The van der Waals surface area contributed by atoms with Gasteiger partial charge in [0.15, 0.2) is 0 Å². The first-order valence-electron chi connectivity index (χ1n) is 11.6. The maximum atomic E-state index is 6.89. The van der Waals surface area contributed by atoms with Crippen molar-refractivity contribution >= 4 is 32.7 Å². The Labute approximate surface area is 198 Å². The molecule has 1 aliphatic rings. The molecule has 3 rings (SSSR count). The maximum Gasteiger partial charge on any atom is 0.243 e. The van der Waals surface area contributed by atoms with Crippen molar-refractivity contribution < 1.29 is 17.0 Å². The Morgan fingerprint density at radius 1 is 1.16 bits per heavy atom.